The molecule has 0 fully saturated rings. The van der Waals surface area contributed by atoms with Crippen LogP contribution in [0.25, 0.3) is 20.8 Å². The lowest BCUT2D eigenvalue weighted by atomic mass is 10.1. The number of anilines is 1. The topological polar surface area (TPSA) is 43.4 Å². The van der Waals surface area contributed by atoms with E-state index in [1.807, 2.05) is 26.0 Å². The molecule has 1 aromatic heterocycles. The maximum Gasteiger partial charge on any atom is 0.162 e. The predicted octanol–water partition coefficient (Wildman–Crippen LogP) is 7.44. The molecule has 6 heteroatoms. The fourth-order valence-corrected chi connectivity index (χ4v) is 4.86. The van der Waals surface area contributed by atoms with Crippen molar-refractivity contribution in [1.82, 2.24) is 4.98 Å². The van der Waals surface area contributed by atoms with Crippen molar-refractivity contribution in [3.63, 3.8) is 0 Å². The molecule has 1 N–H and O–H groups in total. The monoisotopic (exact) mass is 496 g/mol. The zero-order chi connectivity index (χ0) is 21.8. The lowest BCUT2D eigenvalue weighted by Gasteiger charge is -2.15. The maximum absolute atomic E-state index is 5.75. The van der Waals surface area contributed by atoms with Gasteiger partial charge >= 0.3 is 0 Å². The van der Waals surface area contributed by atoms with E-state index in [0.717, 1.165) is 43.3 Å². The van der Waals surface area contributed by atoms with E-state index in [0.29, 0.717) is 19.8 Å². The maximum atomic E-state index is 5.75. The summed E-state index contributed by atoms with van der Waals surface area (Å²) >= 11 is 5.39. The van der Waals surface area contributed by atoms with E-state index in [1.165, 1.54) is 10.3 Å². The van der Waals surface area contributed by atoms with E-state index in [9.17, 15) is 0 Å². The second-order valence-electron chi connectivity index (χ2n) is 7.18. The van der Waals surface area contributed by atoms with Crippen LogP contribution in [-0.2, 0) is 6.54 Å². The van der Waals surface area contributed by atoms with Crippen LogP contribution < -0.4 is 14.8 Å². The number of benzene rings is 3. The normalized spacial score (nSPS) is 11.0. The summed E-state index contributed by atoms with van der Waals surface area (Å²) in [6.45, 7) is 7.93. The molecule has 31 heavy (non-hydrogen) atoms. The van der Waals surface area contributed by atoms with E-state index < -0.39 is 0 Å². The van der Waals surface area contributed by atoms with Gasteiger partial charge in [0, 0.05) is 22.3 Å². The number of nitrogens with zero attached hydrogens (tertiary/aromatic N) is 1. The lowest BCUT2D eigenvalue weighted by Crippen LogP contribution is -2.03. The van der Waals surface area contributed by atoms with E-state index in [-0.39, 0.29) is 0 Å². The van der Waals surface area contributed by atoms with Gasteiger partial charge in [0.15, 0.2) is 11.5 Å². The molecule has 0 atom stereocenters. The van der Waals surface area contributed by atoms with Crippen molar-refractivity contribution >= 4 is 43.2 Å². The highest BCUT2D eigenvalue weighted by atomic mass is 79.9. The Balaban J connectivity index is 1.48. The number of ether oxygens (including phenoxy) is 2. The summed E-state index contributed by atoms with van der Waals surface area (Å²) in [5, 5.41) is 4.54. The Morgan fingerprint density at radius 1 is 0.935 bits per heavy atom. The van der Waals surface area contributed by atoms with Crippen LogP contribution in [0.15, 0.2) is 59.1 Å². The molecule has 1 heterocycles. The first-order valence-electron chi connectivity index (χ1n) is 10.4. The molecular formula is C25H25BrN2O2S. The van der Waals surface area contributed by atoms with E-state index in [1.54, 1.807) is 11.3 Å². The van der Waals surface area contributed by atoms with Crippen molar-refractivity contribution in [3.05, 3.63) is 70.2 Å². The van der Waals surface area contributed by atoms with Gasteiger partial charge in [-0.05, 0) is 80.4 Å². The molecule has 0 bridgehead atoms. The Labute approximate surface area is 195 Å². The molecule has 0 aliphatic heterocycles. The number of nitrogens with one attached hydrogen (secondary N) is 1. The minimum absolute atomic E-state index is 0.599. The Kier molecular flexibility index (Phi) is 6.78. The summed E-state index contributed by atoms with van der Waals surface area (Å²) in [7, 11) is 0. The molecule has 3 aromatic carbocycles. The first-order chi connectivity index (χ1) is 15.1. The number of hydrogen-bond acceptors (Lipinski definition) is 5. The van der Waals surface area contributed by atoms with Crippen molar-refractivity contribution in [2.45, 2.75) is 27.3 Å². The summed E-state index contributed by atoms with van der Waals surface area (Å²) in [6.07, 6.45) is 0. The molecular weight excluding hydrogens is 472 g/mol. The Hall–Kier alpha value is -2.57. The number of halogens is 1. The van der Waals surface area contributed by atoms with Crippen molar-refractivity contribution in [2.75, 3.05) is 18.5 Å². The third-order valence-corrected chi connectivity index (χ3v) is 6.68. The van der Waals surface area contributed by atoms with E-state index in [4.69, 9.17) is 14.5 Å². The minimum Gasteiger partial charge on any atom is -0.490 e. The zero-order valence-electron chi connectivity index (χ0n) is 17.9. The molecule has 0 aliphatic rings. The van der Waals surface area contributed by atoms with Crippen molar-refractivity contribution in [3.8, 4) is 22.1 Å². The number of rotatable bonds is 8. The molecule has 0 saturated heterocycles. The number of aryl methyl sites for hydroxylation is 1. The molecule has 4 nitrogen and oxygen atoms in total. The van der Waals surface area contributed by atoms with Crippen LogP contribution in [0, 0.1) is 6.92 Å². The molecule has 0 saturated carbocycles. The fraction of sp³-hybridized carbons (Fsp3) is 0.240. The van der Waals surface area contributed by atoms with Gasteiger partial charge in [-0.3, -0.25) is 0 Å². The average molecular weight is 497 g/mol. The van der Waals surface area contributed by atoms with Crippen LogP contribution in [0.5, 0.6) is 11.5 Å². The molecule has 0 radical (unpaired) electrons. The second-order valence-corrected chi connectivity index (χ2v) is 9.06. The van der Waals surface area contributed by atoms with Gasteiger partial charge in [0.05, 0.1) is 23.4 Å². The first-order valence-corrected chi connectivity index (χ1v) is 12.0. The van der Waals surface area contributed by atoms with Crippen molar-refractivity contribution < 1.29 is 9.47 Å². The first kappa shape index (κ1) is 21.7. The quantitative estimate of drug-likeness (QED) is 0.275. The number of thiazole rings is 1. The van der Waals surface area contributed by atoms with Crippen LogP contribution in [0.1, 0.15) is 25.0 Å². The predicted molar refractivity (Wildman–Crippen MR) is 134 cm³/mol. The summed E-state index contributed by atoms with van der Waals surface area (Å²) < 4.78 is 13.7. The molecule has 0 unspecified atom stereocenters. The fourth-order valence-electron chi connectivity index (χ4n) is 3.33. The average Bonchev–Trinajstić information content (AvgIpc) is 3.18. The molecule has 0 aliphatic carbocycles. The van der Waals surface area contributed by atoms with Gasteiger partial charge in [-0.15, -0.1) is 11.3 Å². The third kappa shape index (κ3) is 5.02. The van der Waals surface area contributed by atoms with Gasteiger partial charge in [0.25, 0.3) is 0 Å². The molecule has 160 valence electrons. The highest BCUT2D eigenvalue weighted by Gasteiger charge is 2.11. The van der Waals surface area contributed by atoms with Gasteiger partial charge in [0.2, 0.25) is 0 Å². The van der Waals surface area contributed by atoms with E-state index in [2.05, 4.69) is 70.6 Å². The smallest absolute Gasteiger partial charge is 0.162 e. The second kappa shape index (κ2) is 9.71. The Morgan fingerprint density at radius 2 is 1.65 bits per heavy atom. The Morgan fingerprint density at radius 3 is 2.35 bits per heavy atom. The zero-order valence-corrected chi connectivity index (χ0v) is 20.3. The molecule has 0 spiro atoms. The summed E-state index contributed by atoms with van der Waals surface area (Å²) in [5.41, 5.74) is 5.61. The number of fused-ring (bicyclic) bond motifs is 1. The van der Waals surface area contributed by atoms with Gasteiger partial charge in [-0.1, -0.05) is 22.0 Å². The number of hydrogen-bond donors (Lipinski definition) is 1. The summed E-state index contributed by atoms with van der Waals surface area (Å²) in [6, 6.07) is 18.8. The lowest BCUT2D eigenvalue weighted by molar-refractivity contribution is 0.287. The van der Waals surface area contributed by atoms with Crippen LogP contribution in [0.4, 0.5) is 5.69 Å². The highest BCUT2D eigenvalue weighted by Crippen LogP contribution is 2.35. The van der Waals surface area contributed by atoms with Gasteiger partial charge in [-0.2, -0.15) is 0 Å². The van der Waals surface area contributed by atoms with Gasteiger partial charge in [0.1, 0.15) is 5.01 Å². The SMILES string of the molecule is CCOc1cc(Br)c(CNc2ccc(-c3nc4ccc(C)cc4s3)cc2)cc1OCC. The van der Waals surface area contributed by atoms with Crippen LogP contribution in [0.3, 0.4) is 0 Å². The van der Waals surface area contributed by atoms with Gasteiger partial charge in [-0.25, -0.2) is 4.98 Å². The summed E-state index contributed by atoms with van der Waals surface area (Å²) in [5.74, 6) is 1.53. The standard InChI is InChI=1S/C25H25BrN2O2S/c1-4-29-22-13-18(20(26)14-23(22)30-5-2)15-27-19-9-7-17(8-10-19)25-28-21-11-6-16(3)12-24(21)31-25/h6-14,27H,4-5,15H2,1-3H3. The van der Waals surface area contributed by atoms with Gasteiger partial charge < -0.3 is 14.8 Å². The summed E-state index contributed by atoms with van der Waals surface area (Å²) in [4.78, 5) is 4.78. The number of aromatic nitrogens is 1. The van der Waals surface area contributed by atoms with E-state index >= 15 is 0 Å². The Bertz CT molecular complexity index is 1190. The third-order valence-electron chi connectivity index (χ3n) is 4.87. The minimum atomic E-state index is 0.599. The molecule has 4 aromatic rings. The highest BCUT2D eigenvalue weighted by molar-refractivity contribution is 9.10. The van der Waals surface area contributed by atoms with Crippen LogP contribution in [0.2, 0.25) is 0 Å². The molecule has 4 rings (SSSR count). The van der Waals surface area contributed by atoms with Crippen molar-refractivity contribution in [2.24, 2.45) is 0 Å². The largest absolute Gasteiger partial charge is 0.490 e. The van der Waals surface area contributed by atoms with Crippen LogP contribution >= 0.6 is 27.3 Å². The van der Waals surface area contributed by atoms with Crippen molar-refractivity contribution in [1.29, 1.82) is 0 Å². The molecule has 0 amide bonds. The van der Waals surface area contributed by atoms with Crippen LogP contribution in [-0.4, -0.2) is 18.2 Å².